The van der Waals surface area contributed by atoms with E-state index in [0.717, 1.165) is 12.3 Å². The van der Waals surface area contributed by atoms with Crippen LogP contribution in [0.2, 0.25) is 0 Å². The molecule has 0 atom stereocenters. The molecule has 86 valence electrons. The minimum absolute atomic E-state index is 0.350. The molecule has 0 unspecified atom stereocenters. The van der Waals surface area contributed by atoms with E-state index in [1.54, 1.807) is 6.92 Å². The van der Waals surface area contributed by atoms with Crippen LogP contribution in [0.25, 0.3) is 0 Å². The molecule has 1 heteroatoms. The summed E-state index contributed by atoms with van der Waals surface area (Å²) in [4.78, 5) is 11.1. The van der Waals surface area contributed by atoms with Gasteiger partial charge in [-0.05, 0) is 50.0 Å². The Labute approximate surface area is 97.9 Å². The van der Waals surface area contributed by atoms with Crippen molar-refractivity contribution < 1.29 is 4.79 Å². The molecule has 0 aliphatic heterocycles. The lowest BCUT2D eigenvalue weighted by molar-refractivity contribution is -0.118. The highest BCUT2D eigenvalue weighted by atomic mass is 16.1. The maximum atomic E-state index is 11.1. The Morgan fingerprint density at radius 1 is 1.12 bits per heavy atom. The van der Waals surface area contributed by atoms with Gasteiger partial charge < -0.3 is 4.79 Å². The Morgan fingerprint density at radius 2 is 1.75 bits per heavy atom. The van der Waals surface area contributed by atoms with Crippen LogP contribution in [-0.4, -0.2) is 5.78 Å². The molecule has 1 nitrogen and oxygen atoms in total. The Bertz CT molecular complexity index is 334. The number of hydrogen-bond donors (Lipinski definition) is 0. The summed E-state index contributed by atoms with van der Waals surface area (Å²) < 4.78 is 0. The van der Waals surface area contributed by atoms with E-state index >= 15 is 0 Å². The third kappa shape index (κ3) is 2.94. The van der Waals surface area contributed by atoms with E-state index in [2.05, 4.69) is 30.3 Å². The van der Waals surface area contributed by atoms with Crippen molar-refractivity contribution in [3.05, 3.63) is 35.9 Å². The Balaban J connectivity index is 1.88. The van der Waals surface area contributed by atoms with Gasteiger partial charge in [-0.3, -0.25) is 0 Å². The average Bonchev–Trinajstić information content (AvgIpc) is 2.30. The summed E-state index contributed by atoms with van der Waals surface area (Å²) in [6, 6.07) is 10.8. The van der Waals surface area contributed by atoms with E-state index in [-0.39, 0.29) is 0 Å². The van der Waals surface area contributed by atoms with E-state index in [1.165, 1.54) is 31.2 Å². The normalized spacial score (nSPS) is 25.3. The molecule has 1 aromatic carbocycles. The van der Waals surface area contributed by atoms with Crippen molar-refractivity contribution in [3.63, 3.8) is 0 Å². The van der Waals surface area contributed by atoms with Gasteiger partial charge in [-0.1, -0.05) is 30.3 Å². The molecule has 0 radical (unpaired) electrons. The topological polar surface area (TPSA) is 17.1 Å². The molecule has 1 fully saturated rings. The smallest absolute Gasteiger partial charge is 0.130 e. The van der Waals surface area contributed by atoms with Crippen molar-refractivity contribution >= 4 is 5.78 Å². The Hall–Kier alpha value is -1.11. The molecule has 0 amide bonds. The van der Waals surface area contributed by atoms with Gasteiger partial charge in [0.05, 0.1) is 0 Å². The minimum atomic E-state index is 0.350. The summed E-state index contributed by atoms with van der Waals surface area (Å²) in [5.74, 6) is 1.73. The van der Waals surface area contributed by atoms with E-state index in [1.807, 2.05) is 0 Å². The SMILES string of the molecule is CC(=O)CC1CCC(c2ccccc2)CC1. The monoisotopic (exact) mass is 216 g/mol. The van der Waals surface area contributed by atoms with Crippen LogP contribution in [0, 0.1) is 5.92 Å². The van der Waals surface area contributed by atoms with E-state index in [4.69, 9.17) is 0 Å². The number of Topliss-reactive ketones (excluding diaryl/α,β-unsaturated/α-hetero) is 1. The van der Waals surface area contributed by atoms with Gasteiger partial charge in [0.1, 0.15) is 5.78 Å². The van der Waals surface area contributed by atoms with Crippen molar-refractivity contribution in [3.8, 4) is 0 Å². The second kappa shape index (κ2) is 5.29. The number of rotatable bonds is 3. The van der Waals surface area contributed by atoms with Gasteiger partial charge in [0.2, 0.25) is 0 Å². The minimum Gasteiger partial charge on any atom is -0.300 e. The van der Waals surface area contributed by atoms with Gasteiger partial charge in [-0.2, -0.15) is 0 Å². The number of carbonyl (C=O) groups excluding carboxylic acids is 1. The highest BCUT2D eigenvalue weighted by Gasteiger charge is 2.22. The maximum absolute atomic E-state index is 11.1. The zero-order chi connectivity index (χ0) is 11.4. The molecule has 1 aromatic rings. The highest BCUT2D eigenvalue weighted by Crippen LogP contribution is 2.36. The summed E-state index contributed by atoms with van der Waals surface area (Å²) in [7, 11) is 0. The third-order valence-electron chi connectivity index (χ3n) is 3.69. The first-order valence-corrected chi connectivity index (χ1v) is 6.30. The van der Waals surface area contributed by atoms with Crippen LogP contribution in [0.1, 0.15) is 50.5 Å². The summed E-state index contributed by atoms with van der Waals surface area (Å²) in [5.41, 5.74) is 1.48. The lowest BCUT2D eigenvalue weighted by Crippen LogP contribution is -2.15. The summed E-state index contributed by atoms with van der Waals surface area (Å²) >= 11 is 0. The van der Waals surface area contributed by atoms with Gasteiger partial charge in [0, 0.05) is 6.42 Å². The predicted octanol–water partition coefficient (Wildman–Crippen LogP) is 3.94. The summed E-state index contributed by atoms with van der Waals surface area (Å²) in [6.07, 6.45) is 5.74. The lowest BCUT2D eigenvalue weighted by atomic mass is 9.77. The van der Waals surface area contributed by atoms with E-state index < -0.39 is 0 Å². The van der Waals surface area contributed by atoms with Gasteiger partial charge in [-0.25, -0.2) is 0 Å². The third-order valence-corrected chi connectivity index (χ3v) is 3.69. The van der Waals surface area contributed by atoms with Crippen molar-refractivity contribution in [2.45, 2.75) is 44.9 Å². The molecule has 16 heavy (non-hydrogen) atoms. The van der Waals surface area contributed by atoms with Crippen LogP contribution in [-0.2, 0) is 4.79 Å². The fourth-order valence-electron chi connectivity index (χ4n) is 2.83. The molecule has 0 saturated heterocycles. The molecule has 0 spiro atoms. The molecule has 0 bridgehead atoms. The number of hydrogen-bond acceptors (Lipinski definition) is 1. The quantitative estimate of drug-likeness (QED) is 0.748. The molecule has 0 N–H and O–H groups in total. The van der Waals surface area contributed by atoms with Gasteiger partial charge in [0.25, 0.3) is 0 Å². The fourth-order valence-corrected chi connectivity index (χ4v) is 2.83. The second-order valence-electron chi connectivity index (χ2n) is 5.03. The van der Waals surface area contributed by atoms with Crippen molar-refractivity contribution in [2.75, 3.05) is 0 Å². The van der Waals surface area contributed by atoms with Crippen molar-refractivity contribution in [1.82, 2.24) is 0 Å². The van der Waals surface area contributed by atoms with Crippen LogP contribution < -0.4 is 0 Å². The number of carbonyl (C=O) groups is 1. The first kappa shape index (κ1) is 11.4. The molecule has 0 heterocycles. The van der Waals surface area contributed by atoms with Crippen LogP contribution in [0.3, 0.4) is 0 Å². The molecular formula is C15H20O. The van der Waals surface area contributed by atoms with Crippen LogP contribution in [0.15, 0.2) is 30.3 Å². The number of ketones is 1. The van der Waals surface area contributed by atoms with Gasteiger partial charge in [-0.15, -0.1) is 0 Å². The zero-order valence-corrected chi connectivity index (χ0v) is 9.99. The Kier molecular flexibility index (Phi) is 3.76. The van der Waals surface area contributed by atoms with Crippen LogP contribution in [0.5, 0.6) is 0 Å². The molecule has 2 rings (SSSR count). The van der Waals surface area contributed by atoms with Gasteiger partial charge in [0.15, 0.2) is 0 Å². The zero-order valence-electron chi connectivity index (χ0n) is 9.99. The fraction of sp³-hybridized carbons (Fsp3) is 0.533. The van der Waals surface area contributed by atoms with Crippen molar-refractivity contribution in [2.24, 2.45) is 5.92 Å². The first-order chi connectivity index (χ1) is 7.75. The lowest BCUT2D eigenvalue weighted by Gasteiger charge is -2.28. The molecule has 0 aromatic heterocycles. The molecule has 1 aliphatic carbocycles. The first-order valence-electron chi connectivity index (χ1n) is 6.30. The van der Waals surface area contributed by atoms with Gasteiger partial charge >= 0.3 is 0 Å². The van der Waals surface area contributed by atoms with Crippen molar-refractivity contribution in [1.29, 1.82) is 0 Å². The predicted molar refractivity (Wildman–Crippen MR) is 66.4 cm³/mol. The Morgan fingerprint density at radius 3 is 2.31 bits per heavy atom. The summed E-state index contributed by atoms with van der Waals surface area (Å²) in [6.45, 7) is 1.71. The standard InChI is InChI=1S/C15H20O/c1-12(16)11-13-7-9-15(10-8-13)14-5-3-2-4-6-14/h2-6,13,15H,7-11H2,1H3. The number of benzene rings is 1. The molecule has 1 aliphatic rings. The largest absolute Gasteiger partial charge is 0.300 e. The van der Waals surface area contributed by atoms with E-state index in [9.17, 15) is 4.79 Å². The maximum Gasteiger partial charge on any atom is 0.130 e. The molecule has 1 saturated carbocycles. The summed E-state index contributed by atoms with van der Waals surface area (Å²) in [5, 5.41) is 0. The van der Waals surface area contributed by atoms with Crippen LogP contribution >= 0.6 is 0 Å². The van der Waals surface area contributed by atoms with E-state index in [0.29, 0.717) is 11.7 Å². The second-order valence-corrected chi connectivity index (χ2v) is 5.03. The highest BCUT2D eigenvalue weighted by molar-refractivity contribution is 5.75. The molecular weight excluding hydrogens is 196 g/mol. The van der Waals surface area contributed by atoms with Crippen LogP contribution in [0.4, 0.5) is 0 Å². The average molecular weight is 216 g/mol.